The Morgan fingerprint density at radius 1 is 0.926 bits per heavy atom. The maximum Gasteiger partial charge on any atom is 0.220 e. The van der Waals surface area contributed by atoms with Gasteiger partial charge in [0.05, 0.1) is 0 Å². The monoisotopic (exact) mass is 417 g/mol. The lowest BCUT2D eigenvalue weighted by Crippen LogP contribution is -2.25. The Balaban J connectivity index is 1.40. The number of nitrogens with one attached hydrogen (secondary N) is 1. The maximum atomic E-state index is 12.1. The molecule has 140 valence electrons. The molecule has 0 atom stereocenters. The van der Waals surface area contributed by atoms with Crippen LogP contribution >= 0.6 is 35.0 Å². The summed E-state index contributed by atoms with van der Waals surface area (Å²) in [7, 11) is 0. The van der Waals surface area contributed by atoms with Crippen molar-refractivity contribution < 1.29 is 4.79 Å². The molecule has 1 amide bonds. The highest BCUT2D eigenvalue weighted by atomic mass is 35.5. The summed E-state index contributed by atoms with van der Waals surface area (Å²) in [5, 5.41) is 6.80. The summed E-state index contributed by atoms with van der Waals surface area (Å²) < 4.78 is 0. The highest BCUT2D eigenvalue weighted by Gasteiger charge is 2.07. The van der Waals surface area contributed by atoms with Crippen molar-refractivity contribution in [2.75, 3.05) is 12.3 Å². The molecule has 0 unspecified atom stereocenters. The van der Waals surface area contributed by atoms with E-state index in [0.29, 0.717) is 23.0 Å². The van der Waals surface area contributed by atoms with Gasteiger partial charge in [-0.1, -0.05) is 71.7 Å². The van der Waals surface area contributed by atoms with Gasteiger partial charge in [-0.15, -0.1) is 0 Å². The van der Waals surface area contributed by atoms with Crippen LogP contribution < -0.4 is 5.32 Å². The predicted octanol–water partition coefficient (Wildman–Crippen LogP) is 6.13. The predicted molar refractivity (Wildman–Crippen MR) is 118 cm³/mol. The third kappa shape index (κ3) is 5.65. The zero-order valence-corrected chi connectivity index (χ0v) is 17.2. The summed E-state index contributed by atoms with van der Waals surface area (Å²) in [6.45, 7) is 0.640. The molecule has 3 aromatic carbocycles. The average molecular weight is 418 g/mol. The molecule has 0 heterocycles. The number of amides is 1. The van der Waals surface area contributed by atoms with Crippen LogP contribution in [0.3, 0.4) is 0 Å². The first-order valence-corrected chi connectivity index (χ1v) is 10.8. The Bertz CT molecular complexity index is 904. The van der Waals surface area contributed by atoms with Crippen molar-refractivity contribution in [3.8, 4) is 0 Å². The van der Waals surface area contributed by atoms with Gasteiger partial charge in [0.25, 0.3) is 0 Å². The van der Waals surface area contributed by atoms with Gasteiger partial charge in [0.15, 0.2) is 0 Å². The topological polar surface area (TPSA) is 29.1 Å². The zero-order chi connectivity index (χ0) is 19.1. The summed E-state index contributed by atoms with van der Waals surface area (Å²) >= 11 is 14.0. The number of hydrogen-bond acceptors (Lipinski definition) is 2. The number of carbonyl (C=O) groups is 1. The van der Waals surface area contributed by atoms with E-state index in [1.54, 1.807) is 11.8 Å². The van der Waals surface area contributed by atoms with Crippen LogP contribution in [0.2, 0.25) is 10.0 Å². The molecule has 27 heavy (non-hydrogen) atoms. The first kappa shape index (κ1) is 20.1. The first-order chi connectivity index (χ1) is 13.1. The molecule has 3 aromatic rings. The van der Waals surface area contributed by atoms with E-state index < -0.39 is 0 Å². The molecule has 0 aromatic heterocycles. The van der Waals surface area contributed by atoms with E-state index in [1.165, 1.54) is 16.3 Å². The molecule has 0 fully saturated rings. The Morgan fingerprint density at radius 2 is 1.63 bits per heavy atom. The van der Waals surface area contributed by atoms with Gasteiger partial charge in [0.2, 0.25) is 5.91 Å². The van der Waals surface area contributed by atoms with E-state index >= 15 is 0 Å². The van der Waals surface area contributed by atoms with Crippen LogP contribution in [0.25, 0.3) is 10.8 Å². The van der Waals surface area contributed by atoms with Crippen LogP contribution in [0.1, 0.15) is 17.5 Å². The molecule has 0 aliphatic rings. The Labute approximate surface area is 174 Å². The molecule has 1 N–H and O–H groups in total. The fourth-order valence-electron chi connectivity index (χ4n) is 2.95. The van der Waals surface area contributed by atoms with Gasteiger partial charge in [-0.05, 0) is 40.5 Å². The first-order valence-electron chi connectivity index (χ1n) is 8.89. The fraction of sp³-hybridized carbons (Fsp3) is 0.227. The normalized spacial score (nSPS) is 10.9. The third-order valence-electron chi connectivity index (χ3n) is 4.38. The number of thioether (sulfide) groups is 1. The lowest BCUT2D eigenvalue weighted by atomic mass is 10.0. The SMILES string of the molecule is O=C(CCc1cccc2ccccc12)NCCSCc1c(Cl)cccc1Cl. The standard InChI is InChI=1S/C22H21Cl2NOS/c23-20-9-4-10-21(24)19(20)15-27-14-13-25-22(26)12-11-17-7-3-6-16-5-1-2-8-18(16)17/h1-10H,11-15H2,(H,25,26). The van der Waals surface area contributed by atoms with Crippen LogP contribution in [0.5, 0.6) is 0 Å². The van der Waals surface area contributed by atoms with Gasteiger partial charge in [-0.3, -0.25) is 4.79 Å². The molecule has 0 saturated carbocycles. The molecule has 5 heteroatoms. The van der Waals surface area contributed by atoms with E-state index in [1.807, 2.05) is 36.4 Å². The van der Waals surface area contributed by atoms with Gasteiger partial charge in [-0.2, -0.15) is 11.8 Å². The van der Waals surface area contributed by atoms with Gasteiger partial charge < -0.3 is 5.32 Å². The van der Waals surface area contributed by atoms with Gasteiger partial charge >= 0.3 is 0 Å². The van der Waals surface area contributed by atoms with Gasteiger partial charge in [-0.25, -0.2) is 0 Å². The van der Waals surface area contributed by atoms with Crippen LogP contribution in [0.4, 0.5) is 0 Å². The molecule has 0 bridgehead atoms. The van der Waals surface area contributed by atoms with Gasteiger partial charge in [0.1, 0.15) is 0 Å². The van der Waals surface area contributed by atoms with E-state index in [9.17, 15) is 4.79 Å². The summed E-state index contributed by atoms with van der Waals surface area (Å²) in [6, 6.07) is 20.1. The van der Waals surface area contributed by atoms with E-state index in [4.69, 9.17) is 23.2 Å². The Hall–Kier alpha value is -1.68. The second-order valence-electron chi connectivity index (χ2n) is 6.24. The molecular formula is C22H21Cl2NOS. The van der Waals surface area contributed by atoms with Crippen LogP contribution in [-0.2, 0) is 17.0 Å². The van der Waals surface area contributed by atoms with Crippen molar-refractivity contribution >= 4 is 51.6 Å². The molecule has 3 rings (SSSR count). The Kier molecular flexibility index (Phi) is 7.45. The molecule has 0 radical (unpaired) electrons. The molecule has 0 aliphatic heterocycles. The van der Waals surface area contributed by atoms with Crippen molar-refractivity contribution in [3.63, 3.8) is 0 Å². The maximum absolute atomic E-state index is 12.1. The zero-order valence-electron chi connectivity index (χ0n) is 14.9. The largest absolute Gasteiger partial charge is 0.355 e. The second-order valence-corrected chi connectivity index (χ2v) is 8.16. The minimum Gasteiger partial charge on any atom is -0.355 e. The molecule has 2 nitrogen and oxygen atoms in total. The van der Waals surface area contributed by atoms with Crippen LogP contribution in [-0.4, -0.2) is 18.2 Å². The van der Waals surface area contributed by atoms with Crippen molar-refractivity contribution in [2.24, 2.45) is 0 Å². The van der Waals surface area contributed by atoms with Crippen molar-refractivity contribution in [2.45, 2.75) is 18.6 Å². The summed E-state index contributed by atoms with van der Waals surface area (Å²) in [4.78, 5) is 12.1. The number of fused-ring (bicyclic) bond motifs is 1. The highest BCUT2D eigenvalue weighted by molar-refractivity contribution is 7.98. The lowest BCUT2D eigenvalue weighted by molar-refractivity contribution is -0.120. The van der Waals surface area contributed by atoms with Crippen LogP contribution in [0.15, 0.2) is 60.7 Å². The molecule has 0 aliphatic carbocycles. The van der Waals surface area contributed by atoms with Crippen molar-refractivity contribution in [3.05, 3.63) is 81.8 Å². The molecular weight excluding hydrogens is 397 g/mol. The minimum absolute atomic E-state index is 0.0827. The molecule has 0 spiro atoms. The lowest BCUT2D eigenvalue weighted by Gasteiger charge is -2.09. The number of benzene rings is 3. The highest BCUT2D eigenvalue weighted by Crippen LogP contribution is 2.28. The number of rotatable bonds is 8. The van der Waals surface area contributed by atoms with E-state index in [2.05, 4.69) is 29.6 Å². The van der Waals surface area contributed by atoms with Crippen molar-refractivity contribution in [1.82, 2.24) is 5.32 Å². The van der Waals surface area contributed by atoms with Gasteiger partial charge in [0, 0.05) is 34.5 Å². The Morgan fingerprint density at radius 3 is 2.44 bits per heavy atom. The fourth-order valence-corrected chi connectivity index (χ4v) is 4.55. The van der Waals surface area contributed by atoms with E-state index in [0.717, 1.165) is 23.5 Å². The number of hydrogen-bond donors (Lipinski definition) is 1. The summed E-state index contributed by atoms with van der Waals surface area (Å²) in [5.41, 5.74) is 2.17. The smallest absolute Gasteiger partial charge is 0.220 e. The average Bonchev–Trinajstić information content (AvgIpc) is 2.68. The summed E-state index contributed by atoms with van der Waals surface area (Å²) in [5.74, 6) is 1.64. The number of aryl methyl sites for hydroxylation is 1. The van der Waals surface area contributed by atoms with E-state index in [-0.39, 0.29) is 5.91 Å². The number of halogens is 2. The van der Waals surface area contributed by atoms with Crippen molar-refractivity contribution in [1.29, 1.82) is 0 Å². The minimum atomic E-state index is 0.0827. The molecule has 0 saturated heterocycles. The number of carbonyl (C=O) groups excluding carboxylic acids is 1. The quantitative estimate of drug-likeness (QED) is 0.446. The van der Waals surface area contributed by atoms with Crippen LogP contribution in [0, 0.1) is 0 Å². The second kappa shape index (κ2) is 10.0. The summed E-state index contributed by atoms with van der Waals surface area (Å²) in [6.07, 6.45) is 1.24. The third-order valence-corrected chi connectivity index (χ3v) is 6.07.